The minimum atomic E-state index is -4.39. The molecule has 0 unspecified atom stereocenters. The first-order valence-electron chi connectivity index (χ1n) is 12.1. The van der Waals surface area contributed by atoms with Crippen molar-refractivity contribution in [2.75, 3.05) is 0 Å². The lowest BCUT2D eigenvalue weighted by Crippen LogP contribution is -2.25. The van der Waals surface area contributed by atoms with Crippen LogP contribution in [0, 0.1) is 35.1 Å². The van der Waals surface area contributed by atoms with E-state index in [1.54, 1.807) is 0 Å². The van der Waals surface area contributed by atoms with Gasteiger partial charge in [-0.2, -0.15) is 13.2 Å². The Bertz CT molecular complexity index is 1020. The van der Waals surface area contributed by atoms with E-state index in [4.69, 9.17) is 0 Å². The minimum absolute atomic E-state index is 0.0623. The van der Waals surface area contributed by atoms with E-state index in [1.165, 1.54) is 6.07 Å². The molecule has 2 aromatic rings. The van der Waals surface area contributed by atoms with E-state index < -0.39 is 40.7 Å². The molecule has 0 aromatic heterocycles. The standard InChI is InChI=1S/C27H30F6O/c1-15-3-7-17(8-4-15)19-11-13-21(25(30)23(19)28)27(32,33)34-22-14-12-20(24(29)26(22)31)18-9-5-16(2)6-10-18/h11-18H,3-10H2,1-2H3. The third-order valence-corrected chi connectivity index (χ3v) is 7.65. The molecule has 0 heterocycles. The van der Waals surface area contributed by atoms with Crippen molar-refractivity contribution in [3.05, 3.63) is 64.2 Å². The molecular formula is C27H30F6O. The third-order valence-electron chi connectivity index (χ3n) is 7.65. The monoisotopic (exact) mass is 484 g/mol. The van der Waals surface area contributed by atoms with Crippen molar-refractivity contribution >= 4 is 0 Å². The van der Waals surface area contributed by atoms with Crippen molar-refractivity contribution < 1.29 is 31.1 Å². The van der Waals surface area contributed by atoms with Crippen LogP contribution >= 0.6 is 0 Å². The van der Waals surface area contributed by atoms with Crippen LogP contribution in [0.25, 0.3) is 0 Å². The van der Waals surface area contributed by atoms with Gasteiger partial charge in [-0.3, -0.25) is 0 Å². The van der Waals surface area contributed by atoms with Gasteiger partial charge in [-0.1, -0.05) is 51.7 Å². The van der Waals surface area contributed by atoms with Gasteiger partial charge in [-0.05, 0) is 72.6 Å². The fourth-order valence-corrected chi connectivity index (χ4v) is 5.38. The first kappa shape index (κ1) is 24.9. The van der Waals surface area contributed by atoms with Crippen molar-refractivity contribution in [1.29, 1.82) is 0 Å². The average molecular weight is 485 g/mol. The number of halogens is 6. The van der Waals surface area contributed by atoms with Crippen LogP contribution in [0.15, 0.2) is 24.3 Å². The van der Waals surface area contributed by atoms with Crippen molar-refractivity contribution in [3.63, 3.8) is 0 Å². The molecule has 0 saturated heterocycles. The van der Waals surface area contributed by atoms with E-state index in [1.807, 2.05) is 0 Å². The van der Waals surface area contributed by atoms with Crippen LogP contribution in [0.1, 0.15) is 93.7 Å². The quantitative estimate of drug-likeness (QED) is 0.385. The summed E-state index contributed by atoms with van der Waals surface area (Å²) in [5.41, 5.74) is -1.15. The first-order chi connectivity index (χ1) is 16.1. The number of ether oxygens (including phenoxy) is 1. The zero-order chi connectivity index (χ0) is 24.6. The Balaban J connectivity index is 1.56. The number of alkyl halides is 2. The van der Waals surface area contributed by atoms with Crippen LogP contribution in [0.2, 0.25) is 0 Å². The van der Waals surface area contributed by atoms with Gasteiger partial charge < -0.3 is 4.74 Å². The summed E-state index contributed by atoms with van der Waals surface area (Å²) in [5.74, 6) is -6.33. The molecule has 2 fully saturated rings. The van der Waals surface area contributed by atoms with Gasteiger partial charge in [-0.15, -0.1) is 0 Å². The van der Waals surface area contributed by atoms with E-state index in [0.29, 0.717) is 37.5 Å². The van der Waals surface area contributed by atoms with E-state index in [2.05, 4.69) is 18.6 Å². The topological polar surface area (TPSA) is 9.23 Å². The Kier molecular flexibility index (Phi) is 7.20. The maximum Gasteiger partial charge on any atom is 0.429 e. The second-order valence-corrected chi connectivity index (χ2v) is 10.1. The summed E-state index contributed by atoms with van der Waals surface area (Å²) in [4.78, 5) is 0. The maximum atomic E-state index is 14.8. The Morgan fingerprint density at radius 3 is 1.56 bits per heavy atom. The van der Waals surface area contributed by atoms with Crippen LogP contribution in [0.5, 0.6) is 5.75 Å². The number of hydrogen-bond acceptors (Lipinski definition) is 1. The summed E-state index contributed by atoms with van der Waals surface area (Å²) in [6.45, 7) is 4.18. The molecule has 0 atom stereocenters. The van der Waals surface area contributed by atoms with Gasteiger partial charge in [0.2, 0.25) is 5.82 Å². The first-order valence-corrected chi connectivity index (χ1v) is 12.1. The smallest absolute Gasteiger partial charge is 0.426 e. The van der Waals surface area contributed by atoms with Crippen LogP contribution in [0.3, 0.4) is 0 Å². The van der Waals surface area contributed by atoms with Crippen molar-refractivity contribution in [3.8, 4) is 5.75 Å². The maximum absolute atomic E-state index is 14.8. The summed E-state index contributed by atoms with van der Waals surface area (Å²) in [6.07, 6.45) is 1.75. The number of hydrogen-bond donors (Lipinski definition) is 0. The molecular weight excluding hydrogens is 454 g/mol. The molecule has 0 amide bonds. The molecule has 0 spiro atoms. The Morgan fingerprint density at radius 1 is 0.618 bits per heavy atom. The zero-order valence-corrected chi connectivity index (χ0v) is 19.5. The molecule has 0 aliphatic heterocycles. The van der Waals surface area contributed by atoms with Gasteiger partial charge in [0.05, 0.1) is 0 Å². The van der Waals surface area contributed by atoms with Crippen molar-refractivity contribution in [1.82, 2.24) is 0 Å². The van der Waals surface area contributed by atoms with E-state index in [0.717, 1.165) is 43.9 Å². The van der Waals surface area contributed by atoms with Gasteiger partial charge in [0.15, 0.2) is 23.2 Å². The fourth-order valence-electron chi connectivity index (χ4n) is 5.38. The van der Waals surface area contributed by atoms with Gasteiger partial charge in [-0.25, -0.2) is 13.2 Å². The number of rotatable bonds is 5. The Hall–Kier alpha value is -2.18. The second-order valence-electron chi connectivity index (χ2n) is 10.1. The number of benzene rings is 2. The average Bonchev–Trinajstić information content (AvgIpc) is 2.80. The normalized spacial score (nSPS) is 25.9. The molecule has 0 N–H and O–H groups in total. The minimum Gasteiger partial charge on any atom is -0.426 e. The third kappa shape index (κ3) is 4.94. The van der Waals surface area contributed by atoms with Crippen LogP contribution in [-0.4, -0.2) is 0 Å². The SMILES string of the molecule is CC1CCC(c2ccc(OC(F)(F)c3ccc(C4CCC(C)CC4)c(F)c3F)c(F)c2F)CC1. The zero-order valence-electron chi connectivity index (χ0n) is 19.5. The summed E-state index contributed by atoms with van der Waals surface area (Å²) >= 11 is 0. The molecule has 0 bridgehead atoms. The van der Waals surface area contributed by atoms with Crippen LogP contribution in [-0.2, 0) is 6.11 Å². The van der Waals surface area contributed by atoms with E-state index >= 15 is 0 Å². The molecule has 186 valence electrons. The predicted octanol–water partition coefficient (Wildman–Crippen LogP) is 8.96. The fraction of sp³-hybridized carbons (Fsp3) is 0.556. The highest BCUT2D eigenvalue weighted by molar-refractivity contribution is 5.36. The summed E-state index contributed by atoms with van der Waals surface area (Å²) < 4.78 is 92.9. The summed E-state index contributed by atoms with van der Waals surface area (Å²) in [6, 6.07) is 4.10. The largest absolute Gasteiger partial charge is 0.429 e. The predicted molar refractivity (Wildman–Crippen MR) is 118 cm³/mol. The van der Waals surface area contributed by atoms with Gasteiger partial charge >= 0.3 is 6.11 Å². The lowest BCUT2D eigenvalue weighted by Gasteiger charge is -2.28. The van der Waals surface area contributed by atoms with Gasteiger partial charge in [0.1, 0.15) is 5.56 Å². The highest BCUT2D eigenvalue weighted by Crippen LogP contribution is 2.42. The van der Waals surface area contributed by atoms with Crippen molar-refractivity contribution in [2.45, 2.75) is 83.2 Å². The molecule has 34 heavy (non-hydrogen) atoms. The lowest BCUT2D eigenvalue weighted by atomic mass is 9.79. The Morgan fingerprint density at radius 2 is 1.06 bits per heavy atom. The molecule has 2 aromatic carbocycles. The molecule has 7 heteroatoms. The molecule has 1 nitrogen and oxygen atoms in total. The highest BCUT2D eigenvalue weighted by Gasteiger charge is 2.41. The molecule has 4 rings (SSSR count). The van der Waals surface area contributed by atoms with Gasteiger partial charge in [0, 0.05) is 0 Å². The molecule has 2 aliphatic carbocycles. The second kappa shape index (κ2) is 9.82. The van der Waals surface area contributed by atoms with Gasteiger partial charge in [0.25, 0.3) is 0 Å². The van der Waals surface area contributed by atoms with Crippen molar-refractivity contribution in [2.24, 2.45) is 11.8 Å². The summed E-state index contributed by atoms with van der Waals surface area (Å²) in [7, 11) is 0. The highest BCUT2D eigenvalue weighted by atomic mass is 19.3. The molecule has 2 aliphatic rings. The summed E-state index contributed by atoms with van der Waals surface area (Å²) in [5, 5.41) is 0. The van der Waals surface area contributed by atoms with E-state index in [-0.39, 0.29) is 23.0 Å². The molecule has 0 radical (unpaired) electrons. The van der Waals surface area contributed by atoms with E-state index in [9.17, 15) is 26.3 Å². The molecule has 2 saturated carbocycles. The van der Waals surface area contributed by atoms with Crippen LogP contribution < -0.4 is 4.74 Å². The Labute approximate surface area is 196 Å². The van der Waals surface area contributed by atoms with Crippen LogP contribution in [0.4, 0.5) is 26.3 Å². The lowest BCUT2D eigenvalue weighted by molar-refractivity contribution is -0.189.